The zero-order chi connectivity index (χ0) is 23.0. The van der Waals surface area contributed by atoms with Gasteiger partial charge in [0.15, 0.2) is 6.61 Å². The minimum Gasteiger partial charge on any atom is -0.454 e. The number of nitrogens with one attached hydrogen (secondary N) is 2. The van der Waals surface area contributed by atoms with Crippen molar-refractivity contribution in [2.45, 2.75) is 27.7 Å². The summed E-state index contributed by atoms with van der Waals surface area (Å²) in [5.74, 6) is -1.39. The lowest BCUT2D eigenvalue weighted by Gasteiger charge is -2.14. The number of anilines is 1. The van der Waals surface area contributed by atoms with Crippen molar-refractivity contribution < 1.29 is 22.7 Å². The van der Waals surface area contributed by atoms with Gasteiger partial charge in [0.05, 0.1) is 10.6 Å². The molecule has 3 aromatic carbocycles. The highest BCUT2D eigenvalue weighted by Gasteiger charge is 2.23. The van der Waals surface area contributed by atoms with Crippen molar-refractivity contribution in [1.29, 1.82) is 0 Å². The van der Waals surface area contributed by atoms with Gasteiger partial charge in [-0.25, -0.2) is 8.42 Å². The summed E-state index contributed by atoms with van der Waals surface area (Å²) in [6.45, 7) is 0.813. The van der Waals surface area contributed by atoms with Crippen molar-refractivity contribution in [1.82, 2.24) is 4.72 Å². The highest BCUT2D eigenvalue weighted by atomic mass is 32.2. The average molecular weight is 471 g/mol. The number of benzene rings is 3. The van der Waals surface area contributed by atoms with E-state index in [-0.39, 0.29) is 4.90 Å². The molecule has 9 heteroatoms. The number of hydrogen-bond donors (Lipinski definition) is 2. The molecular formula is C23H22N2O5S2. The molecule has 3 aromatic rings. The lowest BCUT2D eigenvalue weighted by Crippen LogP contribution is -2.40. The number of carbonyl (C=O) groups excluding carboxylic acids is 2. The Labute approximate surface area is 191 Å². The summed E-state index contributed by atoms with van der Waals surface area (Å²) in [4.78, 5) is 26.4. The first-order chi connectivity index (χ1) is 15.3. The Bertz CT molecular complexity index is 1170. The minimum absolute atomic E-state index is 0.0323. The maximum Gasteiger partial charge on any atom is 0.324 e. The predicted octanol–water partition coefficient (Wildman–Crippen LogP) is 3.69. The van der Waals surface area contributed by atoms with Gasteiger partial charge in [-0.1, -0.05) is 60.3 Å². The van der Waals surface area contributed by atoms with Crippen molar-refractivity contribution in [3.63, 3.8) is 0 Å². The van der Waals surface area contributed by atoms with Crippen LogP contribution in [0.5, 0.6) is 0 Å². The molecule has 0 saturated heterocycles. The van der Waals surface area contributed by atoms with Crippen LogP contribution in [-0.2, 0) is 24.3 Å². The topological polar surface area (TPSA) is 102 Å². The molecule has 166 valence electrons. The molecule has 1 unspecified atom stereocenters. The third kappa shape index (κ3) is 6.68. The van der Waals surface area contributed by atoms with Gasteiger partial charge in [-0.15, -0.1) is 0 Å². The van der Waals surface area contributed by atoms with Crippen LogP contribution in [0.4, 0.5) is 5.69 Å². The molecule has 7 nitrogen and oxygen atoms in total. The molecule has 0 aliphatic rings. The zero-order valence-corrected chi connectivity index (χ0v) is 18.9. The molecule has 0 radical (unpaired) electrons. The van der Waals surface area contributed by atoms with E-state index in [1.54, 1.807) is 30.3 Å². The summed E-state index contributed by atoms with van der Waals surface area (Å²) in [6.07, 6.45) is 0. The van der Waals surface area contributed by atoms with Crippen LogP contribution in [-0.4, -0.2) is 32.9 Å². The van der Waals surface area contributed by atoms with Gasteiger partial charge < -0.3 is 10.1 Å². The van der Waals surface area contributed by atoms with Crippen molar-refractivity contribution in [3.8, 4) is 0 Å². The molecule has 0 aromatic heterocycles. The van der Waals surface area contributed by atoms with Crippen molar-refractivity contribution in [2.75, 3.05) is 11.9 Å². The molecule has 0 aliphatic heterocycles. The maximum absolute atomic E-state index is 12.3. The van der Waals surface area contributed by atoms with Crippen LogP contribution in [0, 0.1) is 0 Å². The van der Waals surface area contributed by atoms with E-state index >= 15 is 0 Å². The first-order valence-corrected chi connectivity index (χ1v) is 12.0. The van der Waals surface area contributed by atoms with Crippen LogP contribution in [0.25, 0.3) is 0 Å². The molecule has 2 N–H and O–H groups in total. The Kier molecular flexibility index (Phi) is 8.04. The summed E-state index contributed by atoms with van der Waals surface area (Å²) in [6, 6.07) is 23.5. The first kappa shape index (κ1) is 23.5. The second-order valence-corrected chi connectivity index (χ2v) is 9.55. The molecule has 0 saturated carbocycles. The van der Waals surface area contributed by atoms with Gasteiger partial charge >= 0.3 is 5.97 Å². The van der Waals surface area contributed by atoms with Crippen LogP contribution in [0.3, 0.4) is 0 Å². The summed E-state index contributed by atoms with van der Waals surface area (Å²) >= 11 is 1.49. The maximum atomic E-state index is 12.3. The standard InChI is InChI=1S/C23H22N2O5S2/c1-17(25-32(28,29)19-12-6-3-7-13-19)23(27)30-16-22(26)24-20-14-8-9-15-21(20)31-18-10-4-2-5-11-18/h2-15,17,25H,16H2,1H3,(H,24,26). The molecule has 0 bridgehead atoms. The quantitative estimate of drug-likeness (QED) is 0.463. The second-order valence-electron chi connectivity index (χ2n) is 6.72. The van der Waals surface area contributed by atoms with E-state index in [1.807, 2.05) is 42.5 Å². The summed E-state index contributed by atoms with van der Waals surface area (Å²) in [5.41, 5.74) is 0.584. The molecule has 0 fully saturated rings. The van der Waals surface area contributed by atoms with Crippen LogP contribution in [0.15, 0.2) is 99.6 Å². The van der Waals surface area contributed by atoms with E-state index in [0.717, 1.165) is 9.79 Å². The van der Waals surface area contributed by atoms with Gasteiger partial charge in [-0.3, -0.25) is 9.59 Å². The van der Waals surface area contributed by atoms with Gasteiger partial charge in [0.1, 0.15) is 6.04 Å². The highest BCUT2D eigenvalue weighted by Crippen LogP contribution is 2.33. The molecule has 1 amide bonds. The van der Waals surface area contributed by atoms with Gasteiger partial charge in [0.2, 0.25) is 10.0 Å². The van der Waals surface area contributed by atoms with Gasteiger partial charge in [-0.05, 0) is 43.3 Å². The fourth-order valence-corrected chi connectivity index (χ4v) is 4.81. The zero-order valence-electron chi connectivity index (χ0n) is 17.2. The fraction of sp³-hybridized carbons (Fsp3) is 0.130. The van der Waals surface area contributed by atoms with E-state index in [0.29, 0.717) is 5.69 Å². The van der Waals surface area contributed by atoms with E-state index in [9.17, 15) is 18.0 Å². The lowest BCUT2D eigenvalue weighted by atomic mass is 10.3. The van der Waals surface area contributed by atoms with Crippen molar-refractivity contribution in [3.05, 3.63) is 84.9 Å². The van der Waals surface area contributed by atoms with Crippen molar-refractivity contribution >= 4 is 39.3 Å². The van der Waals surface area contributed by atoms with E-state index < -0.39 is 34.5 Å². The van der Waals surface area contributed by atoms with Crippen LogP contribution >= 0.6 is 11.8 Å². The predicted molar refractivity (Wildman–Crippen MR) is 123 cm³/mol. The lowest BCUT2D eigenvalue weighted by molar-refractivity contribution is -0.148. The molecule has 0 spiro atoms. The smallest absolute Gasteiger partial charge is 0.324 e. The van der Waals surface area contributed by atoms with E-state index in [1.165, 1.54) is 30.8 Å². The number of amides is 1. The molecule has 32 heavy (non-hydrogen) atoms. The number of esters is 1. The monoisotopic (exact) mass is 470 g/mol. The minimum atomic E-state index is -3.88. The first-order valence-electron chi connectivity index (χ1n) is 9.71. The van der Waals surface area contributed by atoms with Crippen LogP contribution in [0.1, 0.15) is 6.92 Å². The summed E-state index contributed by atoms with van der Waals surface area (Å²) in [7, 11) is -3.88. The Balaban J connectivity index is 1.54. The molecule has 3 rings (SSSR count). The van der Waals surface area contributed by atoms with Crippen LogP contribution < -0.4 is 10.0 Å². The Morgan fingerprint density at radius 2 is 1.50 bits per heavy atom. The average Bonchev–Trinajstić information content (AvgIpc) is 2.80. The SMILES string of the molecule is CC(NS(=O)(=O)c1ccccc1)C(=O)OCC(=O)Nc1ccccc1Sc1ccccc1. The van der Waals surface area contributed by atoms with Gasteiger partial charge in [-0.2, -0.15) is 4.72 Å². The van der Waals surface area contributed by atoms with Gasteiger partial charge in [0.25, 0.3) is 5.91 Å². The number of ether oxygens (including phenoxy) is 1. The largest absolute Gasteiger partial charge is 0.454 e. The van der Waals surface area contributed by atoms with E-state index in [4.69, 9.17) is 4.74 Å². The normalized spacial score (nSPS) is 12.0. The summed E-state index contributed by atoms with van der Waals surface area (Å²) in [5, 5.41) is 2.72. The number of hydrogen-bond acceptors (Lipinski definition) is 6. The fourth-order valence-electron chi connectivity index (χ4n) is 2.67. The number of rotatable bonds is 9. The number of sulfonamides is 1. The van der Waals surface area contributed by atoms with E-state index in [2.05, 4.69) is 10.0 Å². The molecule has 0 aliphatic carbocycles. The Morgan fingerprint density at radius 1 is 0.906 bits per heavy atom. The number of para-hydroxylation sites is 1. The molecule has 1 atom stereocenters. The highest BCUT2D eigenvalue weighted by molar-refractivity contribution is 7.99. The summed E-state index contributed by atoms with van der Waals surface area (Å²) < 4.78 is 31.9. The third-order valence-electron chi connectivity index (χ3n) is 4.22. The third-order valence-corrected chi connectivity index (χ3v) is 6.86. The Hall–Kier alpha value is -3.14. The molecular weight excluding hydrogens is 448 g/mol. The second kappa shape index (κ2) is 10.9. The Morgan fingerprint density at radius 3 is 2.19 bits per heavy atom. The molecule has 0 heterocycles. The van der Waals surface area contributed by atoms with Crippen LogP contribution in [0.2, 0.25) is 0 Å². The van der Waals surface area contributed by atoms with Gasteiger partial charge in [0, 0.05) is 9.79 Å². The van der Waals surface area contributed by atoms with Crippen molar-refractivity contribution in [2.24, 2.45) is 0 Å². The number of carbonyl (C=O) groups is 2.